The van der Waals surface area contributed by atoms with Crippen LogP contribution in [0.15, 0.2) is 36.4 Å². The smallest absolute Gasteiger partial charge is 0.246 e. The first-order valence-electron chi connectivity index (χ1n) is 7.47. The molecule has 0 heterocycles. The van der Waals surface area contributed by atoms with Gasteiger partial charge in [0.1, 0.15) is 17.5 Å². The zero-order valence-electron chi connectivity index (χ0n) is 14.1. The first kappa shape index (κ1) is 18.4. The summed E-state index contributed by atoms with van der Waals surface area (Å²) in [5.74, 6) is 0.728. The zero-order chi connectivity index (χ0) is 18.4. The molecule has 0 spiro atoms. The Kier molecular flexibility index (Phi) is 6.09. The summed E-state index contributed by atoms with van der Waals surface area (Å²) in [7, 11) is 3.03. The first-order valence-corrected chi connectivity index (χ1v) is 7.85. The molecule has 1 atom stereocenters. The van der Waals surface area contributed by atoms with Gasteiger partial charge in [0.2, 0.25) is 5.91 Å². The quantitative estimate of drug-likeness (QED) is 0.822. The molecule has 0 aliphatic carbocycles. The minimum Gasteiger partial charge on any atom is -0.495 e. The van der Waals surface area contributed by atoms with Crippen molar-refractivity contribution in [3.8, 4) is 17.6 Å². The van der Waals surface area contributed by atoms with Crippen LogP contribution in [0.3, 0.4) is 0 Å². The van der Waals surface area contributed by atoms with Gasteiger partial charge >= 0.3 is 0 Å². The minimum absolute atomic E-state index is 0.260. The average Bonchev–Trinajstić information content (AvgIpc) is 2.62. The number of rotatable bonds is 6. The summed E-state index contributed by atoms with van der Waals surface area (Å²) in [4.78, 5) is 12.4. The van der Waals surface area contributed by atoms with Gasteiger partial charge in [-0.25, -0.2) is 0 Å². The number of carbonyl (C=O) groups is 1. The molecule has 2 aromatic carbocycles. The van der Waals surface area contributed by atoms with E-state index >= 15 is 0 Å². The van der Waals surface area contributed by atoms with Gasteiger partial charge in [0.15, 0.2) is 0 Å². The van der Waals surface area contributed by atoms with Crippen LogP contribution < -0.4 is 20.1 Å². The zero-order valence-corrected chi connectivity index (χ0v) is 14.8. The van der Waals surface area contributed by atoms with Gasteiger partial charge in [0, 0.05) is 11.8 Å². The summed E-state index contributed by atoms with van der Waals surface area (Å²) in [6, 6.07) is 11.4. The Hall–Kier alpha value is -2.91. The van der Waals surface area contributed by atoms with Crippen molar-refractivity contribution in [1.29, 1.82) is 5.26 Å². The van der Waals surface area contributed by atoms with E-state index in [0.717, 1.165) is 0 Å². The van der Waals surface area contributed by atoms with Gasteiger partial charge in [0.25, 0.3) is 0 Å². The van der Waals surface area contributed by atoms with Gasteiger partial charge in [-0.1, -0.05) is 17.7 Å². The van der Waals surface area contributed by atoms with Crippen molar-refractivity contribution in [1.82, 2.24) is 0 Å². The molecule has 130 valence electrons. The number of nitriles is 1. The van der Waals surface area contributed by atoms with E-state index in [0.29, 0.717) is 33.5 Å². The van der Waals surface area contributed by atoms with E-state index in [-0.39, 0.29) is 5.91 Å². The van der Waals surface area contributed by atoms with Crippen LogP contribution in [0.2, 0.25) is 5.02 Å². The average molecular weight is 360 g/mol. The molecule has 0 bridgehead atoms. The number of anilines is 2. The molecule has 2 N–H and O–H groups in total. The van der Waals surface area contributed by atoms with Crippen LogP contribution in [-0.4, -0.2) is 26.2 Å². The largest absolute Gasteiger partial charge is 0.495 e. The molecule has 2 rings (SSSR count). The number of nitrogens with zero attached hydrogens (tertiary/aromatic N) is 1. The third-order valence-electron chi connectivity index (χ3n) is 3.50. The molecule has 0 aliphatic heterocycles. The SMILES string of the molecule is COc1cc(OC)c(NC(C)C(=O)Nc2cccc(C#N)c2)cc1Cl. The minimum atomic E-state index is -0.566. The summed E-state index contributed by atoms with van der Waals surface area (Å²) in [6.45, 7) is 1.71. The summed E-state index contributed by atoms with van der Waals surface area (Å²) in [5, 5.41) is 15.1. The molecular formula is C18H18ClN3O3. The van der Waals surface area contributed by atoms with Crippen molar-refractivity contribution in [2.75, 3.05) is 24.9 Å². The second-order valence-corrected chi connectivity index (χ2v) is 5.64. The van der Waals surface area contributed by atoms with E-state index in [9.17, 15) is 4.79 Å². The van der Waals surface area contributed by atoms with Gasteiger partial charge in [-0.2, -0.15) is 5.26 Å². The number of carbonyl (C=O) groups excluding carboxylic acids is 1. The maximum Gasteiger partial charge on any atom is 0.246 e. The highest BCUT2D eigenvalue weighted by Crippen LogP contribution is 2.36. The number of hydrogen-bond donors (Lipinski definition) is 2. The Balaban J connectivity index is 2.13. The van der Waals surface area contributed by atoms with Crippen molar-refractivity contribution in [2.24, 2.45) is 0 Å². The Bertz CT molecular complexity index is 818. The lowest BCUT2D eigenvalue weighted by Crippen LogP contribution is -2.32. The predicted octanol–water partition coefficient (Wildman–Crippen LogP) is 3.67. The number of amides is 1. The fraction of sp³-hybridized carbons (Fsp3) is 0.222. The summed E-state index contributed by atoms with van der Waals surface area (Å²) >= 11 is 6.13. The molecule has 0 fully saturated rings. The third-order valence-corrected chi connectivity index (χ3v) is 3.79. The van der Waals surface area contributed by atoms with Crippen molar-refractivity contribution in [3.05, 3.63) is 47.0 Å². The Morgan fingerprint density at radius 1 is 1.20 bits per heavy atom. The van der Waals surface area contributed by atoms with Crippen LogP contribution in [0.5, 0.6) is 11.5 Å². The van der Waals surface area contributed by atoms with Gasteiger partial charge in [-0.15, -0.1) is 0 Å². The molecule has 0 saturated carbocycles. The topological polar surface area (TPSA) is 83.4 Å². The standard InChI is InChI=1S/C18H18ClN3O3/c1-11(18(23)22-13-6-4-5-12(7-13)10-20)21-15-8-14(19)16(24-2)9-17(15)25-3/h4-9,11,21H,1-3H3,(H,22,23). The number of ether oxygens (including phenoxy) is 2. The van der Waals surface area contributed by atoms with Gasteiger partial charge in [-0.05, 0) is 31.2 Å². The van der Waals surface area contributed by atoms with Gasteiger partial charge in [0.05, 0.1) is 36.6 Å². The number of hydrogen-bond acceptors (Lipinski definition) is 5. The Morgan fingerprint density at radius 2 is 1.92 bits per heavy atom. The van der Waals surface area contributed by atoms with E-state index in [2.05, 4.69) is 10.6 Å². The van der Waals surface area contributed by atoms with Crippen molar-refractivity contribution in [2.45, 2.75) is 13.0 Å². The maximum absolute atomic E-state index is 12.4. The molecule has 7 heteroatoms. The molecule has 0 radical (unpaired) electrons. The Labute approximate surface area is 151 Å². The van der Waals surface area contributed by atoms with Crippen LogP contribution in [0.25, 0.3) is 0 Å². The van der Waals surface area contributed by atoms with E-state index in [1.54, 1.807) is 43.3 Å². The Morgan fingerprint density at radius 3 is 2.56 bits per heavy atom. The highest BCUT2D eigenvalue weighted by Gasteiger charge is 2.17. The van der Waals surface area contributed by atoms with Crippen LogP contribution in [0.1, 0.15) is 12.5 Å². The van der Waals surface area contributed by atoms with Gasteiger partial charge in [-0.3, -0.25) is 4.79 Å². The highest BCUT2D eigenvalue weighted by molar-refractivity contribution is 6.32. The number of halogens is 1. The number of benzene rings is 2. The fourth-order valence-corrected chi connectivity index (χ4v) is 2.43. The first-order chi connectivity index (χ1) is 12.0. The van der Waals surface area contributed by atoms with E-state index < -0.39 is 6.04 Å². The summed E-state index contributed by atoms with van der Waals surface area (Å²) < 4.78 is 10.5. The van der Waals surface area contributed by atoms with Crippen LogP contribution in [0, 0.1) is 11.3 Å². The molecule has 25 heavy (non-hydrogen) atoms. The van der Waals surface area contributed by atoms with E-state index in [4.69, 9.17) is 26.3 Å². The number of methoxy groups -OCH3 is 2. The fourth-order valence-electron chi connectivity index (χ4n) is 2.19. The highest BCUT2D eigenvalue weighted by atomic mass is 35.5. The lowest BCUT2D eigenvalue weighted by atomic mass is 10.2. The lowest BCUT2D eigenvalue weighted by Gasteiger charge is -2.18. The van der Waals surface area contributed by atoms with Crippen LogP contribution in [0.4, 0.5) is 11.4 Å². The third kappa shape index (κ3) is 4.55. The monoisotopic (exact) mass is 359 g/mol. The lowest BCUT2D eigenvalue weighted by molar-refractivity contribution is -0.116. The maximum atomic E-state index is 12.4. The van der Waals surface area contributed by atoms with Crippen LogP contribution in [-0.2, 0) is 4.79 Å². The molecule has 1 unspecified atom stereocenters. The van der Waals surface area contributed by atoms with Crippen LogP contribution >= 0.6 is 11.6 Å². The van der Waals surface area contributed by atoms with E-state index in [1.807, 2.05) is 6.07 Å². The summed E-state index contributed by atoms with van der Waals surface area (Å²) in [5.41, 5.74) is 1.60. The second-order valence-electron chi connectivity index (χ2n) is 5.23. The molecule has 1 amide bonds. The van der Waals surface area contributed by atoms with E-state index in [1.165, 1.54) is 14.2 Å². The predicted molar refractivity (Wildman–Crippen MR) is 97.4 cm³/mol. The van der Waals surface area contributed by atoms with Crippen molar-refractivity contribution < 1.29 is 14.3 Å². The van der Waals surface area contributed by atoms with Crippen molar-refractivity contribution in [3.63, 3.8) is 0 Å². The van der Waals surface area contributed by atoms with Gasteiger partial charge < -0.3 is 20.1 Å². The van der Waals surface area contributed by atoms with Crippen molar-refractivity contribution >= 4 is 28.9 Å². The second kappa shape index (κ2) is 8.27. The molecule has 0 saturated heterocycles. The number of nitrogens with one attached hydrogen (secondary N) is 2. The normalized spacial score (nSPS) is 11.2. The molecule has 0 aliphatic rings. The summed E-state index contributed by atoms with van der Waals surface area (Å²) in [6.07, 6.45) is 0. The molecular weight excluding hydrogens is 342 g/mol. The molecule has 6 nitrogen and oxygen atoms in total. The molecule has 2 aromatic rings. The molecule has 0 aromatic heterocycles.